The standard InChI is InChI=1S/C28H36FN5O5S/c1-16-13-18(38-8)15-30-22(16)23(35)32-17-9-10-20(29)19(14-17)28(7)21-11-12-31-40(21,37)27(5,6)24(34-28)33-25(36)39-26(2,3)4/h9-10,13-15,21H,11-12H2,1-8H3,(H,32,35)(H,33,34,36)/t21-,28+,40?/m0/s1. The van der Waals surface area contributed by atoms with Crippen LogP contribution in [0.5, 0.6) is 5.75 Å². The van der Waals surface area contributed by atoms with Gasteiger partial charge in [-0.05, 0) is 84.7 Å². The summed E-state index contributed by atoms with van der Waals surface area (Å²) in [6.07, 6.45) is 1.11. The molecule has 10 nitrogen and oxygen atoms in total. The summed E-state index contributed by atoms with van der Waals surface area (Å²) in [5, 5.41) is 4.81. The van der Waals surface area contributed by atoms with Gasteiger partial charge in [0.1, 0.15) is 39.0 Å². The molecule has 40 heavy (non-hydrogen) atoms. The highest BCUT2D eigenvalue weighted by Gasteiger charge is 2.57. The predicted octanol–water partition coefficient (Wildman–Crippen LogP) is 4.96. The largest absolute Gasteiger partial charge is 0.495 e. The van der Waals surface area contributed by atoms with Crippen molar-refractivity contribution in [3.05, 3.63) is 53.1 Å². The molecule has 216 valence electrons. The number of carbonyl (C=O) groups is 2. The minimum Gasteiger partial charge on any atom is -0.495 e. The molecule has 2 N–H and O–H groups in total. The van der Waals surface area contributed by atoms with E-state index in [0.717, 1.165) is 0 Å². The third-order valence-electron chi connectivity index (χ3n) is 7.23. The third-order valence-corrected chi connectivity index (χ3v) is 10.9. The quantitative estimate of drug-likeness (QED) is 0.532. The minimum atomic E-state index is -3.03. The second-order valence-corrected chi connectivity index (χ2v) is 14.6. The average Bonchev–Trinajstić information content (AvgIpc) is 3.27. The van der Waals surface area contributed by atoms with E-state index in [2.05, 4.69) is 20.0 Å². The Morgan fingerprint density at radius 2 is 1.85 bits per heavy atom. The zero-order valence-electron chi connectivity index (χ0n) is 24.0. The number of hydrogen-bond donors (Lipinski definition) is 2. The van der Waals surface area contributed by atoms with Crippen LogP contribution in [0.1, 0.15) is 69.6 Å². The summed E-state index contributed by atoms with van der Waals surface area (Å²) in [6.45, 7) is 12.3. The number of alkyl carbamates (subject to hydrolysis) is 1. The first-order valence-corrected chi connectivity index (χ1v) is 14.5. The van der Waals surface area contributed by atoms with Crippen molar-refractivity contribution in [1.82, 2.24) is 10.3 Å². The van der Waals surface area contributed by atoms with Crippen LogP contribution in [0.25, 0.3) is 0 Å². The molecule has 0 fully saturated rings. The summed E-state index contributed by atoms with van der Waals surface area (Å²) in [5.74, 6) is -0.454. The molecule has 12 heteroatoms. The lowest BCUT2D eigenvalue weighted by Gasteiger charge is -2.45. The molecule has 0 saturated heterocycles. The summed E-state index contributed by atoms with van der Waals surface area (Å²) in [7, 11) is -1.52. The number of amidine groups is 1. The van der Waals surface area contributed by atoms with E-state index < -0.39 is 48.7 Å². The van der Waals surface area contributed by atoms with Crippen molar-refractivity contribution < 1.29 is 27.7 Å². The van der Waals surface area contributed by atoms with Crippen LogP contribution in [0.15, 0.2) is 39.8 Å². The Kier molecular flexibility index (Phi) is 7.46. The first kappa shape index (κ1) is 29.4. The van der Waals surface area contributed by atoms with Gasteiger partial charge in [-0.15, -0.1) is 0 Å². The Bertz CT molecular complexity index is 1520. The van der Waals surface area contributed by atoms with Gasteiger partial charge in [0.2, 0.25) is 0 Å². The van der Waals surface area contributed by atoms with Gasteiger partial charge >= 0.3 is 6.09 Å². The topological polar surface area (TPSA) is 131 Å². The molecule has 4 rings (SSSR count). The van der Waals surface area contributed by atoms with Crippen molar-refractivity contribution in [2.24, 2.45) is 9.36 Å². The zero-order valence-corrected chi connectivity index (χ0v) is 24.9. The summed E-state index contributed by atoms with van der Waals surface area (Å²) in [6, 6.07) is 5.84. The molecule has 1 unspecified atom stereocenters. The maximum atomic E-state index is 15.6. The highest BCUT2D eigenvalue weighted by atomic mass is 32.2. The van der Waals surface area contributed by atoms with Gasteiger partial charge in [0.05, 0.1) is 28.3 Å². The van der Waals surface area contributed by atoms with Gasteiger partial charge in [-0.3, -0.25) is 15.1 Å². The second-order valence-electron chi connectivity index (χ2n) is 11.6. The third kappa shape index (κ3) is 5.16. The van der Waals surface area contributed by atoms with Gasteiger partial charge in [-0.2, -0.15) is 0 Å². The lowest BCUT2D eigenvalue weighted by Crippen LogP contribution is -2.60. The van der Waals surface area contributed by atoms with Crippen molar-refractivity contribution in [3.63, 3.8) is 0 Å². The Morgan fingerprint density at radius 3 is 2.48 bits per heavy atom. The van der Waals surface area contributed by atoms with Crippen molar-refractivity contribution in [3.8, 4) is 5.75 Å². The van der Waals surface area contributed by atoms with Crippen LogP contribution >= 0.6 is 0 Å². The van der Waals surface area contributed by atoms with Gasteiger partial charge in [0.15, 0.2) is 0 Å². The van der Waals surface area contributed by atoms with Gasteiger partial charge in [-0.1, -0.05) is 0 Å². The normalized spacial score (nSPS) is 25.2. The van der Waals surface area contributed by atoms with Crippen LogP contribution in [0.2, 0.25) is 0 Å². The molecule has 1 aromatic heterocycles. The van der Waals surface area contributed by atoms with E-state index in [0.29, 0.717) is 30.0 Å². The van der Waals surface area contributed by atoms with E-state index >= 15 is 4.39 Å². The Labute approximate surface area is 234 Å². The number of nitrogens with one attached hydrogen (secondary N) is 2. The van der Waals surface area contributed by atoms with Gasteiger partial charge in [0.25, 0.3) is 5.91 Å². The fourth-order valence-corrected chi connectivity index (χ4v) is 8.32. The zero-order chi connectivity index (χ0) is 29.7. The smallest absolute Gasteiger partial charge is 0.413 e. The Morgan fingerprint density at radius 1 is 1.15 bits per heavy atom. The lowest BCUT2D eigenvalue weighted by atomic mass is 9.85. The number of halogens is 1. The molecule has 2 aliphatic heterocycles. The molecule has 0 aliphatic carbocycles. The van der Waals surface area contributed by atoms with Gasteiger partial charge in [-0.25, -0.2) is 22.7 Å². The number of benzene rings is 1. The summed E-state index contributed by atoms with van der Waals surface area (Å²) < 4.78 is 44.0. The molecule has 2 amide bonds. The molecule has 1 aromatic carbocycles. The summed E-state index contributed by atoms with van der Waals surface area (Å²) >= 11 is 0. The summed E-state index contributed by atoms with van der Waals surface area (Å²) in [5.41, 5.74) is -0.908. The van der Waals surface area contributed by atoms with E-state index in [1.807, 2.05) is 0 Å². The molecule has 3 heterocycles. The van der Waals surface area contributed by atoms with Gasteiger partial charge in [0, 0.05) is 17.8 Å². The van der Waals surface area contributed by atoms with E-state index in [1.165, 1.54) is 31.5 Å². The number of fused-ring (bicyclic) bond motifs is 1. The van der Waals surface area contributed by atoms with Crippen molar-refractivity contribution in [2.45, 2.75) is 76.0 Å². The van der Waals surface area contributed by atoms with Crippen LogP contribution in [-0.2, 0) is 20.0 Å². The number of rotatable bonds is 4. The maximum absolute atomic E-state index is 15.6. The highest BCUT2D eigenvalue weighted by Crippen LogP contribution is 2.48. The molecule has 0 saturated carbocycles. The molecule has 0 radical (unpaired) electrons. The van der Waals surface area contributed by atoms with Crippen LogP contribution in [0.3, 0.4) is 0 Å². The monoisotopic (exact) mass is 573 g/mol. The number of methoxy groups -OCH3 is 1. The number of carbonyl (C=O) groups excluding carboxylic acids is 2. The highest BCUT2D eigenvalue weighted by molar-refractivity contribution is 7.96. The number of aryl methyl sites for hydroxylation is 1. The second kappa shape index (κ2) is 10.1. The number of ether oxygens (including phenoxy) is 2. The minimum absolute atomic E-state index is 0.100. The SMILES string of the molecule is COc1cnc(C(=O)Nc2ccc(F)c([C@@]3(C)N=C(NC(=O)OC(C)(C)C)C(C)(C)S4(=O)=NCC[C@@H]34)c2)c(C)c1. The van der Waals surface area contributed by atoms with Crippen LogP contribution in [-0.4, -0.2) is 56.3 Å². The van der Waals surface area contributed by atoms with Crippen LogP contribution in [0.4, 0.5) is 14.9 Å². The molecule has 0 spiro atoms. The van der Waals surface area contributed by atoms with Gasteiger partial charge < -0.3 is 14.8 Å². The number of hydrogen-bond acceptors (Lipinski definition) is 8. The fourth-order valence-electron chi connectivity index (χ4n) is 5.13. The number of pyridine rings is 1. The molecule has 2 aliphatic rings. The predicted molar refractivity (Wildman–Crippen MR) is 152 cm³/mol. The molecular formula is C28H36FN5O5S. The van der Waals surface area contributed by atoms with Crippen LogP contribution < -0.4 is 15.4 Å². The molecule has 2 aromatic rings. The molecule has 0 bridgehead atoms. The average molecular weight is 574 g/mol. The van der Waals surface area contributed by atoms with E-state index in [9.17, 15) is 13.8 Å². The number of nitrogens with zero attached hydrogens (tertiary/aromatic N) is 3. The van der Waals surface area contributed by atoms with Crippen LogP contribution in [0, 0.1) is 12.7 Å². The van der Waals surface area contributed by atoms with Crippen molar-refractivity contribution in [1.29, 1.82) is 0 Å². The number of aromatic nitrogens is 1. The Hall–Kier alpha value is -3.54. The van der Waals surface area contributed by atoms with Crippen molar-refractivity contribution >= 4 is 33.3 Å². The number of amides is 2. The Balaban J connectivity index is 1.77. The first-order chi connectivity index (χ1) is 18.5. The first-order valence-electron chi connectivity index (χ1n) is 13.0. The molecular weight excluding hydrogens is 537 g/mol. The number of aliphatic imine (C=N–C) groups is 1. The maximum Gasteiger partial charge on any atom is 0.413 e. The van der Waals surface area contributed by atoms with Crippen molar-refractivity contribution in [2.75, 3.05) is 19.0 Å². The lowest BCUT2D eigenvalue weighted by molar-refractivity contribution is 0.0560. The van der Waals surface area contributed by atoms with E-state index in [4.69, 9.17) is 14.5 Å². The molecule has 3 atom stereocenters. The fraction of sp³-hybridized carbons (Fsp3) is 0.500. The summed E-state index contributed by atoms with van der Waals surface area (Å²) in [4.78, 5) is 34.8. The number of anilines is 1. The van der Waals surface area contributed by atoms with E-state index in [-0.39, 0.29) is 17.1 Å². The van der Waals surface area contributed by atoms with E-state index in [1.54, 1.807) is 54.5 Å².